The molecule has 0 saturated carbocycles. The molecule has 0 aromatic carbocycles. The van der Waals surface area contributed by atoms with Crippen molar-refractivity contribution in [3.63, 3.8) is 0 Å². The molecule has 0 radical (unpaired) electrons. The average molecular weight is 384 g/mol. The number of carbonyl (C=O) groups excluding carboxylic acids is 1. The smallest absolute Gasteiger partial charge is 0.334 e. The van der Waals surface area contributed by atoms with Crippen LogP contribution in [0.4, 0.5) is 0 Å². The zero-order valence-corrected chi connectivity index (χ0v) is 16.6. The van der Waals surface area contributed by atoms with Crippen LogP contribution in [0.25, 0.3) is 0 Å². The van der Waals surface area contributed by atoms with Gasteiger partial charge in [-0.1, -0.05) is 6.92 Å². The number of nitrogens with zero attached hydrogens (tertiary/aromatic N) is 3. The van der Waals surface area contributed by atoms with E-state index in [-0.39, 0.29) is 11.7 Å². The van der Waals surface area contributed by atoms with Gasteiger partial charge in [-0.2, -0.15) is 5.10 Å². The van der Waals surface area contributed by atoms with Gasteiger partial charge in [0.15, 0.2) is 0 Å². The maximum absolute atomic E-state index is 11.5. The van der Waals surface area contributed by atoms with E-state index in [1.54, 1.807) is 6.07 Å². The van der Waals surface area contributed by atoms with Gasteiger partial charge < -0.3 is 19.5 Å². The van der Waals surface area contributed by atoms with Crippen molar-refractivity contribution in [3.05, 3.63) is 22.4 Å². The molecule has 1 amide bonds. The van der Waals surface area contributed by atoms with E-state index in [9.17, 15) is 9.70 Å². The summed E-state index contributed by atoms with van der Waals surface area (Å²) in [7, 11) is 0. The maximum Gasteiger partial charge on any atom is 0.334 e. The van der Waals surface area contributed by atoms with Gasteiger partial charge in [-0.05, 0) is 32.9 Å². The van der Waals surface area contributed by atoms with E-state index in [1.807, 2.05) is 13.8 Å². The molecule has 9 heteroatoms. The summed E-state index contributed by atoms with van der Waals surface area (Å²) < 4.78 is 17.9. The summed E-state index contributed by atoms with van der Waals surface area (Å²) in [4.78, 5) is 22.0. The minimum absolute atomic E-state index is 0.0292. The van der Waals surface area contributed by atoms with Crippen LogP contribution < -0.4 is 5.32 Å². The summed E-state index contributed by atoms with van der Waals surface area (Å²) in [6, 6.07) is 1.56. The number of ether oxygens (including phenoxy) is 3. The van der Waals surface area contributed by atoms with Crippen molar-refractivity contribution in [2.45, 2.75) is 39.7 Å². The van der Waals surface area contributed by atoms with Gasteiger partial charge in [0.2, 0.25) is 0 Å². The Morgan fingerprint density at radius 2 is 1.74 bits per heavy atom. The van der Waals surface area contributed by atoms with E-state index in [2.05, 4.69) is 22.5 Å². The molecule has 154 valence electrons. The number of hydrogen-bond donors (Lipinski definition) is 1. The molecule has 9 nitrogen and oxygen atoms in total. The molecule has 0 spiro atoms. The zero-order valence-electron chi connectivity index (χ0n) is 16.6. The molecule has 0 unspecified atom stereocenters. The maximum atomic E-state index is 11.5. The Kier molecular flexibility index (Phi) is 12.4. The Labute approximate surface area is 160 Å². The minimum Gasteiger partial charge on any atom is -0.379 e. The van der Waals surface area contributed by atoms with E-state index in [0.29, 0.717) is 51.8 Å². The first-order valence-electron chi connectivity index (χ1n) is 9.50. The second-order valence-electron chi connectivity index (χ2n) is 6.29. The fourth-order valence-electron chi connectivity index (χ4n) is 2.33. The van der Waals surface area contributed by atoms with E-state index in [1.165, 1.54) is 4.68 Å². The fourth-order valence-corrected chi connectivity index (χ4v) is 2.33. The number of nitrogens with one attached hydrogen (secondary N) is 1. The van der Waals surface area contributed by atoms with E-state index < -0.39 is 5.91 Å². The molecule has 1 rings (SSSR count). The SMILES string of the molecule is CCCNCCOCCOCCOCCc1cc(C(=O)N=O)n(C(C)C)n1. The number of aromatic nitrogens is 2. The number of rotatable bonds is 16. The summed E-state index contributed by atoms with van der Waals surface area (Å²) in [6.07, 6.45) is 1.67. The van der Waals surface area contributed by atoms with Crippen molar-refractivity contribution in [2.24, 2.45) is 5.18 Å². The lowest BCUT2D eigenvalue weighted by molar-refractivity contribution is 0.0156. The molecule has 0 aliphatic rings. The second kappa shape index (κ2) is 14.4. The summed E-state index contributed by atoms with van der Waals surface area (Å²) in [6.45, 7) is 11.0. The lowest BCUT2D eigenvalue weighted by atomic mass is 10.3. The summed E-state index contributed by atoms with van der Waals surface area (Å²) in [5.74, 6) is -0.805. The molecule has 27 heavy (non-hydrogen) atoms. The Balaban J connectivity index is 2.08. The molecule has 0 aliphatic carbocycles. The van der Waals surface area contributed by atoms with Gasteiger partial charge >= 0.3 is 5.91 Å². The molecule has 0 bridgehead atoms. The molecular formula is C18H32N4O5. The second-order valence-corrected chi connectivity index (χ2v) is 6.29. The highest BCUT2D eigenvalue weighted by atomic mass is 16.5. The minimum atomic E-state index is -0.805. The van der Waals surface area contributed by atoms with Crippen molar-refractivity contribution in [2.75, 3.05) is 52.7 Å². The van der Waals surface area contributed by atoms with Crippen LogP contribution in [0.15, 0.2) is 11.2 Å². The van der Waals surface area contributed by atoms with Crippen molar-refractivity contribution in [1.29, 1.82) is 0 Å². The standard InChI is InChI=1S/C18H32N4O5/c1-4-6-19-7-9-26-11-13-27-12-10-25-8-5-16-14-17(18(23)21-24)22(20-16)15(2)3/h14-15,19H,4-13H2,1-3H3. The van der Waals surface area contributed by atoms with Crippen LogP contribution in [-0.4, -0.2) is 68.4 Å². The number of nitroso groups, excluding NO2 is 1. The summed E-state index contributed by atoms with van der Waals surface area (Å²) >= 11 is 0. The van der Waals surface area contributed by atoms with Crippen molar-refractivity contribution in [3.8, 4) is 0 Å². The first-order valence-corrected chi connectivity index (χ1v) is 9.50. The van der Waals surface area contributed by atoms with Crippen LogP contribution in [0.3, 0.4) is 0 Å². The van der Waals surface area contributed by atoms with E-state index in [0.717, 1.165) is 19.5 Å². The predicted octanol–water partition coefficient (Wildman–Crippen LogP) is 1.96. The first-order chi connectivity index (χ1) is 13.1. The predicted molar refractivity (Wildman–Crippen MR) is 102 cm³/mol. The molecule has 1 aromatic rings. The largest absolute Gasteiger partial charge is 0.379 e. The summed E-state index contributed by atoms with van der Waals surface area (Å²) in [5, 5.41) is 10.1. The Morgan fingerprint density at radius 3 is 2.33 bits per heavy atom. The third kappa shape index (κ3) is 9.71. The van der Waals surface area contributed by atoms with Crippen LogP contribution >= 0.6 is 0 Å². The van der Waals surface area contributed by atoms with Gasteiger partial charge in [0.05, 0.1) is 45.3 Å². The van der Waals surface area contributed by atoms with Crippen molar-refractivity contribution < 1.29 is 19.0 Å². The molecule has 0 saturated heterocycles. The molecule has 0 aliphatic heterocycles. The third-order valence-corrected chi connectivity index (χ3v) is 3.67. The Morgan fingerprint density at radius 1 is 1.11 bits per heavy atom. The first kappa shape index (κ1) is 23.4. The van der Waals surface area contributed by atoms with Gasteiger partial charge in [0, 0.05) is 24.2 Å². The monoisotopic (exact) mass is 384 g/mol. The Hall–Kier alpha value is -1.68. The number of amides is 1. The normalized spacial score (nSPS) is 11.3. The third-order valence-electron chi connectivity index (χ3n) is 3.67. The molecule has 1 aromatic heterocycles. The lowest BCUT2D eigenvalue weighted by Crippen LogP contribution is -2.21. The van der Waals surface area contributed by atoms with Crippen LogP contribution in [0.5, 0.6) is 0 Å². The average Bonchev–Trinajstić information content (AvgIpc) is 3.09. The van der Waals surface area contributed by atoms with Gasteiger partial charge in [-0.15, -0.1) is 4.91 Å². The number of carbonyl (C=O) groups is 1. The molecule has 1 heterocycles. The highest BCUT2D eigenvalue weighted by molar-refractivity contribution is 5.93. The molecule has 0 atom stereocenters. The van der Waals surface area contributed by atoms with Crippen LogP contribution in [-0.2, 0) is 20.6 Å². The fraction of sp³-hybridized carbons (Fsp3) is 0.778. The number of hydrogen-bond acceptors (Lipinski definition) is 7. The van der Waals surface area contributed by atoms with Gasteiger partial charge in [0.1, 0.15) is 5.69 Å². The molecule has 0 fully saturated rings. The van der Waals surface area contributed by atoms with E-state index >= 15 is 0 Å². The van der Waals surface area contributed by atoms with Crippen LogP contribution in [0, 0.1) is 4.91 Å². The highest BCUT2D eigenvalue weighted by Crippen LogP contribution is 2.13. The van der Waals surface area contributed by atoms with Crippen molar-refractivity contribution in [1.82, 2.24) is 15.1 Å². The Bertz CT molecular complexity index is 548. The topological polar surface area (TPSA) is 104 Å². The molecule has 1 N–H and O–H groups in total. The van der Waals surface area contributed by atoms with Gasteiger partial charge in [-0.25, -0.2) is 0 Å². The van der Waals surface area contributed by atoms with Crippen LogP contribution in [0.2, 0.25) is 0 Å². The highest BCUT2D eigenvalue weighted by Gasteiger charge is 2.17. The van der Waals surface area contributed by atoms with Crippen molar-refractivity contribution >= 4 is 5.91 Å². The summed E-state index contributed by atoms with van der Waals surface area (Å²) in [5.41, 5.74) is 0.907. The quantitative estimate of drug-likeness (QED) is 0.343. The molecular weight excluding hydrogens is 352 g/mol. The van der Waals surface area contributed by atoms with E-state index in [4.69, 9.17) is 14.2 Å². The van der Waals surface area contributed by atoms with Gasteiger partial charge in [0.25, 0.3) is 0 Å². The lowest BCUT2D eigenvalue weighted by Gasteiger charge is -2.07. The van der Waals surface area contributed by atoms with Gasteiger partial charge in [-0.3, -0.25) is 9.48 Å². The van der Waals surface area contributed by atoms with Crippen LogP contribution in [0.1, 0.15) is 49.4 Å². The zero-order chi connectivity index (χ0) is 19.9.